The van der Waals surface area contributed by atoms with Gasteiger partial charge in [0.2, 0.25) is 5.91 Å². The summed E-state index contributed by atoms with van der Waals surface area (Å²) in [6.07, 6.45) is 6.66. The van der Waals surface area contributed by atoms with Gasteiger partial charge in [0.25, 0.3) is 5.91 Å². The van der Waals surface area contributed by atoms with E-state index in [-0.39, 0.29) is 17.9 Å². The quantitative estimate of drug-likeness (QED) is 0.890. The van der Waals surface area contributed by atoms with Gasteiger partial charge in [0.1, 0.15) is 0 Å². The molecule has 2 aromatic heterocycles. The number of H-pyrrole nitrogens is 1. The number of carbonyl (C=O) groups excluding carboxylic acids is 2. The maximum absolute atomic E-state index is 12.5. The highest BCUT2D eigenvalue weighted by molar-refractivity contribution is 7.08. The van der Waals surface area contributed by atoms with Crippen LogP contribution in [-0.4, -0.2) is 46.0 Å². The Morgan fingerprint density at radius 3 is 3.00 bits per heavy atom. The Morgan fingerprint density at radius 1 is 1.42 bits per heavy atom. The second-order valence-electron chi connectivity index (χ2n) is 6.26. The number of hydrogen-bond acceptors (Lipinski definition) is 4. The number of thiophene rings is 1. The molecule has 1 fully saturated rings. The Balaban J connectivity index is 1.61. The molecule has 2 N–H and O–H groups in total. The number of hydrogen-bond donors (Lipinski definition) is 2. The van der Waals surface area contributed by atoms with Crippen LogP contribution < -0.4 is 5.32 Å². The van der Waals surface area contributed by atoms with E-state index in [0.717, 1.165) is 42.5 Å². The van der Waals surface area contributed by atoms with E-state index >= 15 is 0 Å². The predicted octanol–water partition coefficient (Wildman–Crippen LogP) is 2.13. The van der Waals surface area contributed by atoms with E-state index in [1.807, 2.05) is 22.6 Å². The molecule has 1 saturated heterocycles. The minimum Gasteiger partial charge on any atom is -0.347 e. The summed E-state index contributed by atoms with van der Waals surface area (Å²) in [5.74, 6) is 0.0483. The molecule has 7 heteroatoms. The first-order chi connectivity index (χ1) is 11.6. The van der Waals surface area contributed by atoms with Gasteiger partial charge in [-0.15, -0.1) is 0 Å². The molecule has 0 spiro atoms. The molecule has 1 aliphatic heterocycles. The molecule has 2 aromatic rings. The van der Waals surface area contributed by atoms with E-state index in [2.05, 4.69) is 15.5 Å². The van der Waals surface area contributed by atoms with Crippen molar-refractivity contribution in [3.8, 4) is 0 Å². The summed E-state index contributed by atoms with van der Waals surface area (Å²) in [5.41, 5.74) is 2.62. The Morgan fingerprint density at radius 2 is 2.29 bits per heavy atom. The highest BCUT2D eigenvalue weighted by Gasteiger charge is 2.24. The first-order valence-corrected chi connectivity index (χ1v) is 9.17. The minimum absolute atomic E-state index is 0.00704. The second-order valence-corrected chi connectivity index (χ2v) is 7.00. The molecule has 0 radical (unpaired) electrons. The number of aromatic amines is 1. The van der Waals surface area contributed by atoms with Crippen molar-refractivity contribution >= 4 is 23.2 Å². The Hall–Kier alpha value is -2.15. The maximum Gasteiger partial charge on any atom is 0.252 e. The summed E-state index contributed by atoms with van der Waals surface area (Å²) in [4.78, 5) is 26.8. The third-order valence-electron chi connectivity index (χ3n) is 4.37. The van der Waals surface area contributed by atoms with Crippen LogP contribution in [0.3, 0.4) is 0 Å². The lowest BCUT2D eigenvalue weighted by Gasteiger charge is -2.25. The molecule has 0 aliphatic carbocycles. The lowest BCUT2D eigenvalue weighted by molar-refractivity contribution is -0.130. The van der Waals surface area contributed by atoms with Gasteiger partial charge in [-0.25, -0.2) is 0 Å². The fourth-order valence-electron chi connectivity index (χ4n) is 3.00. The first kappa shape index (κ1) is 16.7. The molecule has 2 amide bonds. The van der Waals surface area contributed by atoms with Crippen molar-refractivity contribution in [2.45, 2.75) is 38.6 Å². The topological polar surface area (TPSA) is 78.1 Å². The van der Waals surface area contributed by atoms with Gasteiger partial charge in [-0.2, -0.15) is 16.4 Å². The number of rotatable bonds is 4. The van der Waals surface area contributed by atoms with Crippen LogP contribution >= 0.6 is 11.3 Å². The lowest BCUT2D eigenvalue weighted by Crippen LogP contribution is -2.45. The molecule has 1 aliphatic rings. The van der Waals surface area contributed by atoms with Crippen LogP contribution in [0.25, 0.3) is 0 Å². The van der Waals surface area contributed by atoms with Crippen LogP contribution in [0.15, 0.2) is 23.2 Å². The van der Waals surface area contributed by atoms with E-state index < -0.39 is 0 Å². The standard InChI is InChI=1S/C17H22N4O2S/c1-12-10-24-11-15(12)17(23)20-14-4-2-3-5-21(9-14)16(22)6-13-7-18-19-8-13/h7-8,10-11,14H,2-6,9H2,1H3,(H,18,19)(H,20,23). The third kappa shape index (κ3) is 4.03. The van der Waals surface area contributed by atoms with Gasteiger partial charge in [-0.3, -0.25) is 14.7 Å². The van der Waals surface area contributed by atoms with Crippen molar-refractivity contribution in [2.75, 3.05) is 13.1 Å². The molecule has 0 aromatic carbocycles. The number of likely N-dealkylation sites (tertiary alicyclic amines) is 1. The Labute approximate surface area is 145 Å². The number of amides is 2. The molecule has 0 saturated carbocycles. The normalized spacial score (nSPS) is 18.2. The molecule has 3 heterocycles. The molecule has 1 unspecified atom stereocenters. The van der Waals surface area contributed by atoms with Crippen molar-refractivity contribution < 1.29 is 9.59 Å². The fraction of sp³-hybridized carbons (Fsp3) is 0.471. The molecular weight excluding hydrogens is 324 g/mol. The highest BCUT2D eigenvalue weighted by atomic mass is 32.1. The summed E-state index contributed by atoms with van der Waals surface area (Å²) in [6, 6.07) is 0.00704. The molecular formula is C17H22N4O2S. The summed E-state index contributed by atoms with van der Waals surface area (Å²) >= 11 is 1.53. The fourth-order valence-corrected chi connectivity index (χ4v) is 3.83. The summed E-state index contributed by atoms with van der Waals surface area (Å²) < 4.78 is 0. The van der Waals surface area contributed by atoms with Gasteiger partial charge in [0.05, 0.1) is 18.2 Å². The summed E-state index contributed by atoms with van der Waals surface area (Å²) in [6.45, 7) is 3.27. The van der Waals surface area contributed by atoms with Crippen molar-refractivity contribution in [2.24, 2.45) is 0 Å². The van der Waals surface area contributed by atoms with Gasteiger partial charge >= 0.3 is 0 Å². The SMILES string of the molecule is Cc1cscc1C(=O)NC1CCCCN(C(=O)Cc2cn[nH]c2)C1. The van der Waals surface area contributed by atoms with Gasteiger partial charge < -0.3 is 10.2 Å². The highest BCUT2D eigenvalue weighted by Crippen LogP contribution is 2.16. The summed E-state index contributed by atoms with van der Waals surface area (Å²) in [7, 11) is 0. The lowest BCUT2D eigenvalue weighted by atomic mass is 10.1. The molecule has 24 heavy (non-hydrogen) atoms. The van der Waals surface area contributed by atoms with E-state index in [1.165, 1.54) is 11.3 Å². The average Bonchev–Trinajstić information content (AvgIpc) is 3.15. The number of nitrogens with zero attached hydrogens (tertiary/aromatic N) is 2. The monoisotopic (exact) mass is 346 g/mol. The van der Waals surface area contributed by atoms with Crippen LogP contribution in [0, 0.1) is 6.92 Å². The van der Waals surface area contributed by atoms with Crippen LogP contribution in [0.1, 0.15) is 40.7 Å². The van der Waals surface area contributed by atoms with Crippen LogP contribution in [-0.2, 0) is 11.2 Å². The number of nitrogens with one attached hydrogen (secondary N) is 2. The van der Waals surface area contributed by atoms with Gasteiger partial charge in [0.15, 0.2) is 0 Å². The smallest absolute Gasteiger partial charge is 0.252 e. The second kappa shape index (κ2) is 7.61. The largest absolute Gasteiger partial charge is 0.347 e. The van der Waals surface area contributed by atoms with Crippen molar-refractivity contribution in [3.63, 3.8) is 0 Å². The zero-order chi connectivity index (χ0) is 16.9. The Kier molecular flexibility index (Phi) is 5.30. The van der Waals surface area contributed by atoms with Gasteiger partial charge in [0, 0.05) is 30.7 Å². The van der Waals surface area contributed by atoms with Crippen LogP contribution in [0.2, 0.25) is 0 Å². The number of aromatic nitrogens is 2. The first-order valence-electron chi connectivity index (χ1n) is 8.22. The van der Waals surface area contributed by atoms with E-state index in [0.29, 0.717) is 13.0 Å². The van der Waals surface area contributed by atoms with E-state index in [9.17, 15) is 9.59 Å². The van der Waals surface area contributed by atoms with Crippen molar-refractivity contribution in [1.82, 2.24) is 20.4 Å². The zero-order valence-electron chi connectivity index (χ0n) is 13.7. The van der Waals surface area contributed by atoms with Crippen LogP contribution in [0.5, 0.6) is 0 Å². The number of carbonyl (C=O) groups is 2. The molecule has 6 nitrogen and oxygen atoms in total. The van der Waals surface area contributed by atoms with Gasteiger partial charge in [-0.05, 0) is 42.7 Å². The molecule has 3 rings (SSSR count). The number of aryl methyl sites for hydroxylation is 1. The minimum atomic E-state index is -0.0390. The maximum atomic E-state index is 12.5. The van der Waals surface area contributed by atoms with Crippen LogP contribution in [0.4, 0.5) is 0 Å². The van der Waals surface area contributed by atoms with E-state index in [1.54, 1.807) is 12.4 Å². The predicted molar refractivity (Wildman–Crippen MR) is 93.0 cm³/mol. The Bertz CT molecular complexity index is 695. The van der Waals surface area contributed by atoms with Crippen molar-refractivity contribution in [1.29, 1.82) is 0 Å². The van der Waals surface area contributed by atoms with E-state index in [4.69, 9.17) is 0 Å². The molecule has 0 bridgehead atoms. The van der Waals surface area contributed by atoms with Gasteiger partial charge in [-0.1, -0.05) is 0 Å². The summed E-state index contributed by atoms with van der Waals surface area (Å²) in [5, 5.41) is 13.6. The molecule has 1 atom stereocenters. The zero-order valence-corrected chi connectivity index (χ0v) is 14.6. The van der Waals surface area contributed by atoms with Crippen molar-refractivity contribution in [3.05, 3.63) is 39.8 Å². The molecule has 128 valence electrons. The average molecular weight is 346 g/mol. The third-order valence-corrected chi connectivity index (χ3v) is 5.23.